The molecule has 10 atom stereocenters. The van der Waals surface area contributed by atoms with Gasteiger partial charge in [-0.25, -0.2) is 4.79 Å². The number of fused-ring (bicyclic) bond motifs is 5. The summed E-state index contributed by atoms with van der Waals surface area (Å²) < 4.78 is 18.2. The van der Waals surface area contributed by atoms with Crippen LogP contribution in [0.25, 0.3) is 0 Å². The minimum Gasteiger partial charge on any atom is -0.461 e. The van der Waals surface area contributed by atoms with Gasteiger partial charge in [0.2, 0.25) is 0 Å². The first-order valence-corrected chi connectivity index (χ1v) is 17.2. The lowest BCUT2D eigenvalue weighted by Gasteiger charge is -2.69. The molecule has 0 aromatic heterocycles. The number of aliphatic hydroxyl groups excluding tert-OH is 1. The molecule has 0 amide bonds. The molecule has 3 fully saturated rings. The molecule has 0 radical (unpaired) electrons. The Labute approximate surface area is 283 Å². The van der Waals surface area contributed by atoms with E-state index in [0.29, 0.717) is 18.6 Å². The normalized spacial score (nSPS) is 37.7. The Hall–Kier alpha value is -3.33. The highest BCUT2D eigenvalue weighted by atomic mass is 16.6. The van der Waals surface area contributed by atoms with E-state index in [0.717, 1.165) is 16.7 Å². The first kappa shape index (κ1) is 34.5. The molecular weight excluding hydrogens is 608 g/mol. The molecule has 48 heavy (non-hydrogen) atoms. The molecule has 1 aliphatic heterocycles. The van der Waals surface area contributed by atoms with E-state index in [1.807, 2.05) is 102 Å². The molecule has 2 aromatic carbocycles. The van der Waals surface area contributed by atoms with Crippen molar-refractivity contribution in [1.29, 1.82) is 0 Å². The molecule has 3 aliphatic carbocycles. The number of carbonyl (C=O) groups is 3. The summed E-state index contributed by atoms with van der Waals surface area (Å²) in [5.41, 5.74) is -0.862. The summed E-state index contributed by atoms with van der Waals surface area (Å²) in [7, 11) is 0. The number of benzene rings is 2. The quantitative estimate of drug-likeness (QED) is 0.296. The van der Waals surface area contributed by atoms with Gasteiger partial charge in [-0.15, -0.1) is 0 Å². The zero-order valence-corrected chi connectivity index (χ0v) is 29.4. The number of Topliss-reactive ketones (excluding diaryl/α,β-unsaturated/α-hetero) is 1. The Morgan fingerprint density at radius 1 is 0.938 bits per heavy atom. The molecular formula is C40H50O8. The highest BCUT2D eigenvalue weighted by Gasteiger charge is 2.73. The zero-order valence-electron chi connectivity index (χ0n) is 29.4. The Balaban J connectivity index is 1.43. The SMILES string of the molecule is CC(=O)O[C@H]1C[C@H]2OC[C@@]2(C)[C@H]2[C@H](C)[C@]3(O)C[C@H](OC(=O)[C@H](O)C(c4ccccc4)c4ccccc4)C(C)=C([C@@H](C)C(=O)[C@]12C)C3(C)C. The maximum absolute atomic E-state index is 15.0. The summed E-state index contributed by atoms with van der Waals surface area (Å²) in [6.45, 7) is 15.5. The van der Waals surface area contributed by atoms with Crippen LogP contribution in [0.1, 0.15) is 85.3 Å². The van der Waals surface area contributed by atoms with Crippen molar-refractivity contribution in [2.75, 3.05) is 6.61 Å². The largest absolute Gasteiger partial charge is 0.461 e. The smallest absolute Gasteiger partial charge is 0.336 e. The van der Waals surface area contributed by atoms with Crippen LogP contribution >= 0.6 is 0 Å². The van der Waals surface area contributed by atoms with Crippen LogP contribution in [0.3, 0.4) is 0 Å². The van der Waals surface area contributed by atoms with Gasteiger partial charge in [0.15, 0.2) is 6.10 Å². The van der Waals surface area contributed by atoms with Crippen LogP contribution in [0.15, 0.2) is 71.8 Å². The van der Waals surface area contributed by atoms with Crippen molar-refractivity contribution in [2.45, 2.75) is 104 Å². The van der Waals surface area contributed by atoms with Crippen molar-refractivity contribution in [1.82, 2.24) is 0 Å². The highest BCUT2D eigenvalue weighted by molar-refractivity contribution is 5.91. The molecule has 4 aliphatic rings. The van der Waals surface area contributed by atoms with Gasteiger partial charge in [0.1, 0.15) is 18.0 Å². The number of carbonyl (C=O) groups excluding carboxylic acids is 3. The molecule has 2 bridgehead atoms. The summed E-state index contributed by atoms with van der Waals surface area (Å²) >= 11 is 0. The van der Waals surface area contributed by atoms with E-state index in [1.165, 1.54) is 6.92 Å². The number of ether oxygens (including phenoxy) is 3. The second-order valence-electron chi connectivity index (χ2n) is 15.8. The first-order valence-electron chi connectivity index (χ1n) is 17.2. The Morgan fingerprint density at radius 3 is 2.00 bits per heavy atom. The molecule has 1 heterocycles. The lowest BCUT2D eigenvalue weighted by atomic mass is 9.40. The fourth-order valence-electron chi connectivity index (χ4n) is 10.6. The van der Waals surface area contributed by atoms with E-state index in [4.69, 9.17) is 14.2 Å². The maximum atomic E-state index is 15.0. The highest BCUT2D eigenvalue weighted by Crippen LogP contribution is 2.68. The van der Waals surface area contributed by atoms with E-state index < -0.39 is 75.8 Å². The standard InChI is InChI=1S/C40H50O8/c1-22-28(48-36(44)33(42)31(26-15-11-9-12-16-26)27-17-13-10-14-18-27)20-40(45)24(3)34-38(7)21-46-29(38)19-30(47-25(4)41)39(34,8)35(43)23(2)32(22)37(40,5)6/h9-18,23-24,28-31,33-34,42,45H,19-21H2,1-8H3/t23-,24+,28+,29-,30+,33-,34-,38-,39-,40-/m1/s1. The Morgan fingerprint density at radius 2 is 1.50 bits per heavy atom. The van der Waals surface area contributed by atoms with Crippen LogP contribution in [0.4, 0.5) is 0 Å². The fraction of sp³-hybridized carbons (Fsp3) is 0.575. The van der Waals surface area contributed by atoms with E-state index in [1.54, 1.807) is 0 Å². The second kappa shape index (κ2) is 11.9. The van der Waals surface area contributed by atoms with Gasteiger partial charge in [-0.3, -0.25) is 9.59 Å². The molecule has 6 rings (SSSR count). The lowest BCUT2D eigenvalue weighted by molar-refractivity contribution is -0.302. The summed E-state index contributed by atoms with van der Waals surface area (Å²) in [6, 6.07) is 18.8. The average Bonchev–Trinajstić information content (AvgIpc) is 3.04. The van der Waals surface area contributed by atoms with Gasteiger partial charge < -0.3 is 24.4 Å². The molecule has 2 saturated carbocycles. The van der Waals surface area contributed by atoms with Gasteiger partial charge in [-0.05, 0) is 48.0 Å². The van der Waals surface area contributed by atoms with Crippen molar-refractivity contribution < 1.29 is 38.8 Å². The van der Waals surface area contributed by atoms with Crippen molar-refractivity contribution in [2.24, 2.45) is 34.0 Å². The minimum absolute atomic E-state index is 0.0538. The van der Waals surface area contributed by atoms with Gasteiger partial charge in [0, 0.05) is 42.4 Å². The third kappa shape index (κ3) is 4.92. The monoisotopic (exact) mass is 658 g/mol. The summed E-state index contributed by atoms with van der Waals surface area (Å²) in [5, 5.41) is 24.8. The van der Waals surface area contributed by atoms with Crippen LogP contribution in [-0.4, -0.2) is 64.6 Å². The topological polar surface area (TPSA) is 119 Å². The average molecular weight is 659 g/mol. The van der Waals surface area contributed by atoms with Crippen LogP contribution < -0.4 is 0 Å². The number of ketones is 1. The van der Waals surface area contributed by atoms with Crippen molar-refractivity contribution in [3.05, 3.63) is 82.9 Å². The fourth-order valence-corrected chi connectivity index (χ4v) is 10.6. The zero-order chi connectivity index (χ0) is 35.0. The van der Waals surface area contributed by atoms with Crippen LogP contribution in [0.2, 0.25) is 0 Å². The number of rotatable bonds is 6. The van der Waals surface area contributed by atoms with E-state index in [9.17, 15) is 24.6 Å². The summed E-state index contributed by atoms with van der Waals surface area (Å²) in [6.07, 6.45) is -2.83. The molecule has 1 saturated heterocycles. The van der Waals surface area contributed by atoms with Crippen LogP contribution in [-0.2, 0) is 28.6 Å². The van der Waals surface area contributed by atoms with Crippen molar-refractivity contribution in [3.8, 4) is 0 Å². The van der Waals surface area contributed by atoms with Gasteiger partial charge in [0.05, 0.1) is 23.7 Å². The van der Waals surface area contributed by atoms with E-state index in [2.05, 4.69) is 6.92 Å². The summed E-state index contributed by atoms with van der Waals surface area (Å²) in [5.74, 6) is -3.53. The molecule has 258 valence electrons. The summed E-state index contributed by atoms with van der Waals surface area (Å²) in [4.78, 5) is 41.4. The molecule has 8 nitrogen and oxygen atoms in total. The number of aliphatic hydroxyl groups is 2. The molecule has 2 aromatic rings. The van der Waals surface area contributed by atoms with Crippen molar-refractivity contribution >= 4 is 17.7 Å². The van der Waals surface area contributed by atoms with Gasteiger partial charge in [-0.1, -0.05) is 95.3 Å². The third-order valence-electron chi connectivity index (χ3n) is 13.0. The second-order valence-corrected chi connectivity index (χ2v) is 15.8. The minimum atomic E-state index is -1.52. The van der Waals surface area contributed by atoms with Gasteiger partial charge in [-0.2, -0.15) is 0 Å². The number of hydrogen-bond acceptors (Lipinski definition) is 8. The molecule has 0 unspecified atom stereocenters. The Bertz CT molecular complexity index is 1580. The van der Waals surface area contributed by atoms with E-state index >= 15 is 0 Å². The van der Waals surface area contributed by atoms with Crippen molar-refractivity contribution in [3.63, 3.8) is 0 Å². The number of esters is 2. The lowest BCUT2D eigenvalue weighted by Crippen LogP contribution is -2.74. The number of hydrogen-bond donors (Lipinski definition) is 2. The predicted octanol–water partition coefficient (Wildman–Crippen LogP) is 5.79. The maximum Gasteiger partial charge on any atom is 0.336 e. The molecule has 0 spiro atoms. The Kier molecular flexibility index (Phi) is 8.58. The van der Waals surface area contributed by atoms with Crippen LogP contribution in [0, 0.1) is 34.0 Å². The van der Waals surface area contributed by atoms with Crippen LogP contribution in [0.5, 0.6) is 0 Å². The predicted molar refractivity (Wildman–Crippen MR) is 180 cm³/mol. The third-order valence-corrected chi connectivity index (χ3v) is 13.0. The van der Waals surface area contributed by atoms with Gasteiger partial charge >= 0.3 is 11.9 Å². The molecule has 8 heteroatoms. The first-order chi connectivity index (χ1) is 22.5. The van der Waals surface area contributed by atoms with Gasteiger partial charge in [0.25, 0.3) is 0 Å². The van der Waals surface area contributed by atoms with E-state index in [-0.39, 0.29) is 18.3 Å². The molecule has 2 N–H and O–H groups in total.